The van der Waals surface area contributed by atoms with E-state index in [4.69, 9.17) is 11.6 Å². The Morgan fingerprint density at radius 1 is 0.900 bits per heavy atom. The summed E-state index contributed by atoms with van der Waals surface area (Å²) in [7, 11) is -4.10. The molecule has 0 aliphatic carbocycles. The van der Waals surface area contributed by atoms with Crippen molar-refractivity contribution in [1.29, 1.82) is 0 Å². The Labute approximate surface area is 243 Å². The van der Waals surface area contributed by atoms with Crippen molar-refractivity contribution in [1.82, 2.24) is 10.2 Å². The largest absolute Gasteiger partial charge is 0.354 e. The second-order valence-electron chi connectivity index (χ2n) is 10.0. The van der Waals surface area contributed by atoms with E-state index < -0.39 is 28.5 Å². The predicted octanol–water partition coefficient (Wildman–Crippen LogP) is 5.68. The zero-order valence-corrected chi connectivity index (χ0v) is 25.1. The normalized spacial score (nSPS) is 12.2. The fourth-order valence-electron chi connectivity index (χ4n) is 4.30. The van der Waals surface area contributed by atoms with Crippen molar-refractivity contribution in [2.45, 2.75) is 58.0 Å². The maximum absolute atomic E-state index is 14.1. The number of carbonyl (C=O) groups excluding carboxylic acids is 2. The molecule has 0 aliphatic rings. The Kier molecular flexibility index (Phi) is 11.2. The van der Waals surface area contributed by atoms with Gasteiger partial charge in [0.1, 0.15) is 12.6 Å². The number of anilines is 1. The quantitative estimate of drug-likeness (QED) is 0.281. The Balaban J connectivity index is 2.05. The molecule has 214 valence electrons. The predicted molar refractivity (Wildman–Crippen MR) is 161 cm³/mol. The van der Waals surface area contributed by atoms with Crippen LogP contribution in [0, 0.1) is 5.92 Å². The summed E-state index contributed by atoms with van der Waals surface area (Å²) in [5, 5.41) is 3.38. The minimum atomic E-state index is -4.10. The molecule has 0 radical (unpaired) electrons. The van der Waals surface area contributed by atoms with Crippen molar-refractivity contribution in [3.63, 3.8) is 0 Å². The van der Waals surface area contributed by atoms with E-state index in [1.165, 1.54) is 17.0 Å². The highest BCUT2D eigenvalue weighted by Crippen LogP contribution is 2.26. The summed E-state index contributed by atoms with van der Waals surface area (Å²) in [5.41, 5.74) is 2.07. The molecule has 3 aromatic carbocycles. The number of hydrogen-bond acceptors (Lipinski definition) is 4. The van der Waals surface area contributed by atoms with Crippen LogP contribution < -0.4 is 9.62 Å². The zero-order valence-electron chi connectivity index (χ0n) is 23.5. The van der Waals surface area contributed by atoms with Gasteiger partial charge in [-0.05, 0) is 60.2 Å². The van der Waals surface area contributed by atoms with Crippen LogP contribution in [0.15, 0.2) is 83.8 Å². The average Bonchev–Trinajstić information content (AvgIpc) is 2.96. The molecule has 40 heavy (non-hydrogen) atoms. The lowest BCUT2D eigenvalue weighted by Gasteiger charge is -2.33. The second kappa shape index (κ2) is 14.3. The number of carbonyl (C=O) groups is 2. The molecule has 1 atom stereocenters. The number of rotatable bonds is 13. The van der Waals surface area contributed by atoms with Gasteiger partial charge in [0.2, 0.25) is 11.8 Å². The van der Waals surface area contributed by atoms with Gasteiger partial charge >= 0.3 is 0 Å². The second-order valence-corrected chi connectivity index (χ2v) is 12.3. The monoisotopic (exact) mass is 583 g/mol. The van der Waals surface area contributed by atoms with E-state index >= 15 is 0 Å². The molecule has 3 aromatic rings. The summed E-state index contributed by atoms with van der Waals surface area (Å²) >= 11 is 6.44. The highest BCUT2D eigenvalue weighted by Gasteiger charge is 2.33. The number of amides is 2. The average molecular weight is 584 g/mol. The third-order valence-electron chi connectivity index (χ3n) is 6.61. The molecule has 0 bridgehead atoms. The fourth-order valence-corrected chi connectivity index (χ4v) is 5.93. The Bertz CT molecular complexity index is 1380. The third kappa shape index (κ3) is 7.86. The van der Waals surface area contributed by atoms with Crippen LogP contribution in [-0.2, 0) is 32.6 Å². The van der Waals surface area contributed by atoms with Gasteiger partial charge in [0.15, 0.2) is 0 Å². The van der Waals surface area contributed by atoms with Gasteiger partial charge in [0, 0.05) is 18.1 Å². The number of nitrogens with zero attached hydrogens (tertiary/aromatic N) is 2. The van der Waals surface area contributed by atoms with Crippen LogP contribution in [0.5, 0.6) is 0 Å². The van der Waals surface area contributed by atoms with Crippen LogP contribution >= 0.6 is 11.6 Å². The number of nitrogens with one attached hydrogen (secondary N) is 1. The number of benzene rings is 3. The summed E-state index contributed by atoms with van der Waals surface area (Å²) in [6.45, 7) is 7.85. The first kappa shape index (κ1) is 31.2. The third-order valence-corrected chi connectivity index (χ3v) is 8.77. The van der Waals surface area contributed by atoms with Gasteiger partial charge in [0.05, 0.1) is 10.6 Å². The smallest absolute Gasteiger partial charge is 0.264 e. The molecule has 0 aromatic heterocycles. The van der Waals surface area contributed by atoms with Gasteiger partial charge < -0.3 is 10.2 Å². The van der Waals surface area contributed by atoms with Crippen molar-refractivity contribution in [3.05, 3.63) is 95.0 Å². The highest BCUT2D eigenvalue weighted by molar-refractivity contribution is 7.92. The Hall–Kier alpha value is -3.36. The number of sulfonamides is 1. The number of hydrogen-bond donors (Lipinski definition) is 1. The first-order chi connectivity index (χ1) is 19.1. The minimum Gasteiger partial charge on any atom is -0.354 e. The first-order valence-corrected chi connectivity index (χ1v) is 15.4. The molecule has 9 heteroatoms. The van der Waals surface area contributed by atoms with Gasteiger partial charge in [0.25, 0.3) is 10.0 Å². The molecule has 2 amide bonds. The molecular weight excluding hydrogens is 546 g/mol. The first-order valence-electron chi connectivity index (χ1n) is 13.6. The van der Waals surface area contributed by atoms with E-state index in [9.17, 15) is 18.0 Å². The Morgan fingerprint density at radius 3 is 2.10 bits per heavy atom. The van der Waals surface area contributed by atoms with E-state index in [0.717, 1.165) is 16.3 Å². The highest BCUT2D eigenvalue weighted by atomic mass is 35.5. The van der Waals surface area contributed by atoms with Gasteiger partial charge in [-0.1, -0.05) is 87.8 Å². The summed E-state index contributed by atoms with van der Waals surface area (Å²) in [4.78, 5) is 28.9. The molecule has 0 saturated heterocycles. The Morgan fingerprint density at radius 2 is 1.52 bits per heavy atom. The van der Waals surface area contributed by atoms with E-state index in [-0.39, 0.29) is 23.3 Å². The summed E-state index contributed by atoms with van der Waals surface area (Å²) in [5.74, 6) is -0.571. The van der Waals surface area contributed by atoms with Crippen LogP contribution in [0.1, 0.15) is 45.2 Å². The van der Waals surface area contributed by atoms with Crippen LogP contribution in [0.3, 0.4) is 0 Å². The zero-order chi connectivity index (χ0) is 29.3. The van der Waals surface area contributed by atoms with E-state index in [1.54, 1.807) is 48.5 Å². The molecule has 0 saturated carbocycles. The van der Waals surface area contributed by atoms with Crippen LogP contribution in [0.2, 0.25) is 5.02 Å². The van der Waals surface area contributed by atoms with Crippen molar-refractivity contribution in [2.75, 3.05) is 17.4 Å². The molecule has 7 nitrogen and oxygen atoms in total. The van der Waals surface area contributed by atoms with Crippen LogP contribution in [0.25, 0.3) is 0 Å². The molecule has 0 spiro atoms. The molecular formula is C31H38ClN3O4S. The molecule has 3 rings (SSSR count). The lowest BCUT2D eigenvalue weighted by molar-refractivity contribution is -0.140. The van der Waals surface area contributed by atoms with Crippen LogP contribution in [0.4, 0.5) is 5.69 Å². The molecule has 0 heterocycles. The summed E-state index contributed by atoms with van der Waals surface area (Å²) < 4.78 is 28.8. The van der Waals surface area contributed by atoms with Crippen molar-refractivity contribution in [3.8, 4) is 0 Å². The maximum Gasteiger partial charge on any atom is 0.264 e. The van der Waals surface area contributed by atoms with Crippen molar-refractivity contribution >= 4 is 39.1 Å². The lowest BCUT2D eigenvalue weighted by Crippen LogP contribution is -2.52. The summed E-state index contributed by atoms with van der Waals surface area (Å²) in [6.07, 6.45) is 1.14. The number of halogens is 1. The van der Waals surface area contributed by atoms with Crippen molar-refractivity contribution < 1.29 is 18.0 Å². The summed E-state index contributed by atoms with van der Waals surface area (Å²) in [6, 6.07) is 21.4. The van der Waals surface area contributed by atoms with Gasteiger partial charge in [-0.25, -0.2) is 8.42 Å². The molecule has 0 unspecified atom stereocenters. The lowest BCUT2D eigenvalue weighted by atomic mass is 10.1. The SMILES string of the molecule is CCc1ccc(N(CC(=O)N(Cc2ccccc2Cl)[C@H](CC)C(=O)NCC(C)C)S(=O)(=O)c2ccccc2)cc1. The van der Waals surface area contributed by atoms with Gasteiger partial charge in [-0.15, -0.1) is 0 Å². The molecule has 0 fully saturated rings. The molecule has 1 N–H and O–H groups in total. The number of aryl methyl sites for hydroxylation is 1. The van der Waals surface area contributed by atoms with Crippen molar-refractivity contribution in [2.24, 2.45) is 5.92 Å². The van der Waals surface area contributed by atoms with E-state index in [1.807, 2.05) is 45.9 Å². The topological polar surface area (TPSA) is 86.8 Å². The van der Waals surface area contributed by atoms with Gasteiger partial charge in [-0.2, -0.15) is 0 Å². The van der Waals surface area contributed by atoms with E-state index in [0.29, 0.717) is 29.2 Å². The van der Waals surface area contributed by atoms with Gasteiger partial charge in [-0.3, -0.25) is 13.9 Å². The standard InChI is InChI=1S/C31H38ClN3O4S/c1-5-24-16-18-26(19-17-24)35(40(38,39)27-13-8-7-9-14-27)22-30(36)34(21-25-12-10-11-15-28(25)32)29(6-2)31(37)33-20-23(3)4/h7-19,23,29H,5-6,20-22H2,1-4H3,(H,33,37)/t29-/m1/s1. The minimum absolute atomic E-state index is 0.0557. The molecule has 0 aliphatic heterocycles. The van der Waals surface area contributed by atoms with E-state index in [2.05, 4.69) is 5.32 Å². The van der Waals surface area contributed by atoms with Crippen LogP contribution in [-0.4, -0.2) is 44.3 Å². The maximum atomic E-state index is 14.1. The fraction of sp³-hybridized carbons (Fsp3) is 0.355.